The molecule has 0 saturated carbocycles. The molecule has 6 nitrogen and oxygen atoms in total. The van der Waals surface area contributed by atoms with Gasteiger partial charge >= 0.3 is 0 Å². The summed E-state index contributed by atoms with van der Waals surface area (Å²) >= 11 is 3.22. The molecule has 112 valence electrons. The molecule has 0 fully saturated rings. The first-order valence-corrected chi connectivity index (χ1v) is 6.97. The number of aryl methyl sites for hydroxylation is 1. The Morgan fingerprint density at radius 2 is 1.86 bits per heavy atom. The first-order valence-electron chi connectivity index (χ1n) is 6.18. The summed E-state index contributed by atoms with van der Waals surface area (Å²) in [7, 11) is 0. The van der Waals surface area contributed by atoms with Crippen LogP contribution >= 0.6 is 15.9 Å². The van der Waals surface area contributed by atoms with Crippen molar-refractivity contribution in [3.8, 4) is 5.69 Å². The van der Waals surface area contributed by atoms with Gasteiger partial charge < -0.3 is 5.73 Å². The zero-order valence-corrected chi connectivity index (χ0v) is 12.8. The second-order valence-corrected chi connectivity index (χ2v) is 5.75. The summed E-state index contributed by atoms with van der Waals surface area (Å²) in [5, 5.41) is 2.05. The number of benzene rings is 1. The zero-order chi connectivity index (χ0) is 16.2. The third-order valence-corrected chi connectivity index (χ3v) is 3.85. The van der Waals surface area contributed by atoms with Crippen LogP contribution < -0.4 is 16.6 Å². The highest BCUT2D eigenvalue weighted by Gasteiger charge is 2.32. The number of pyridine rings is 1. The molecule has 2 amide bonds. The smallest absolute Gasteiger partial charge is 0.262 e. The first kappa shape index (κ1) is 14.5. The molecule has 2 heterocycles. The molecular weight excluding hydrogens is 357 g/mol. The van der Waals surface area contributed by atoms with Gasteiger partial charge in [0.05, 0.1) is 16.8 Å². The predicted molar refractivity (Wildman–Crippen MR) is 80.6 cm³/mol. The highest BCUT2D eigenvalue weighted by Crippen LogP contribution is 2.27. The number of anilines is 1. The van der Waals surface area contributed by atoms with E-state index in [1.165, 1.54) is 13.0 Å². The second-order valence-electron chi connectivity index (χ2n) is 4.83. The van der Waals surface area contributed by atoms with Gasteiger partial charge in [0.1, 0.15) is 11.6 Å². The van der Waals surface area contributed by atoms with Gasteiger partial charge in [-0.05, 0) is 24.6 Å². The van der Waals surface area contributed by atoms with Crippen molar-refractivity contribution in [2.24, 2.45) is 0 Å². The Labute approximate surface area is 131 Å². The van der Waals surface area contributed by atoms with Crippen LogP contribution in [-0.2, 0) is 0 Å². The quantitative estimate of drug-likeness (QED) is 0.749. The van der Waals surface area contributed by atoms with E-state index >= 15 is 0 Å². The summed E-state index contributed by atoms with van der Waals surface area (Å²) in [5.74, 6) is -2.32. The maximum atomic E-state index is 14.3. The summed E-state index contributed by atoms with van der Waals surface area (Å²) in [6.45, 7) is 1.54. The molecule has 22 heavy (non-hydrogen) atoms. The molecule has 1 aliphatic rings. The second kappa shape index (κ2) is 4.77. The van der Waals surface area contributed by atoms with E-state index in [-0.39, 0.29) is 22.6 Å². The maximum absolute atomic E-state index is 14.3. The molecule has 2 aromatic rings. The number of carbonyl (C=O) groups is 2. The number of nitrogens with two attached hydrogens (primary N) is 1. The highest BCUT2D eigenvalue weighted by atomic mass is 79.9. The number of aromatic nitrogens is 1. The van der Waals surface area contributed by atoms with Gasteiger partial charge in [-0.15, -0.1) is 0 Å². The van der Waals surface area contributed by atoms with Crippen LogP contribution in [0.1, 0.15) is 26.3 Å². The molecule has 1 aromatic heterocycles. The van der Waals surface area contributed by atoms with E-state index in [2.05, 4.69) is 21.2 Å². The number of nitrogens with zero attached hydrogens (tertiary/aromatic N) is 1. The molecule has 1 aromatic carbocycles. The maximum Gasteiger partial charge on any atom is 0.262 e. The van der Waals surface area contributed by atoms with Gasteiger partial charge in [-0.2, -0.15) is 0 Å². The van der Waals surface area contributed by atoms with Gasteiger partial charge in [0.2, 0.25) is 0 Å². The lowest BCUT2D eigenvalue weighted by molar-refractivity contribution is 0.0880. The van der Waals surface area contributed by atoms with Crippen molar-refractivity contribution in [3.63, 3.8) is 0 Å². The lowest BCUT2D eigenvalue weighted by Crippen LogP contribution is -2.25. The van der Waals surface area contributed by atoms with Crippen molar-refractivity contribution in [2.75, 3.05) is 5.73 Å². The first-order chi connectivity index (χ1) is 10.3. The lowest BCUT2D eigenvalue weighted by Gasteiger charge is -2.14. The molecule has 0 radical (unpaired) electrons. The van der Waals surface area contributed by atoms with Crippen molar-refractivity contribution in [3.05, 3.63) is 55.5 Å². The Hall–Kier alpha value is -2.48. The van der Waals surface area contributed by atoms with Crippen LogP contribution in [0.15, 0.2) is 27.5 Å². The van der Waals surface area contributed by atoms with Crippen LogP contribution in [0.25, 0.3) is 5.69 Å². The molecular formula is C14H9BrFN3O3. The van der Waals surface area contributed by atoms with E-state index in [0.29, 0.717) is 10.0 Å². The van der Waals surface area contributed by atoms with E-state index in [0.717, 1.165) is 10.6 Å². The normalized spacial score (nSPS) is 13.2. The monoisotopic (exact) mass is 365 g/mol. The molecule has 0 atom stereocenters. The molecule has 8 heteroatoms. The van der Waals surface area contributed by atoms with Crippen LogP contribution in [0.4, 0.5) is 10.2 Å². The van der Waals surface area contributed by atoms with Gasteiger partial charge in [0.15, 0.2) is 0 Å². The molecule has 1 aliphatic heterocycles. The average Bonchev–Trinajstić information content (AvgIpc) is 2.70. The molecule has 3 N–H and O–H groups in total. The summed E-state index contributed by atoms with van der Waals surface area (Å²) in [5.41, 5.74) is 5.15. The van der Waals surface area contributed by atoms with Crippen molar-refractivity contribution in [1.29, 1.82) is 0 Å². The van der Waals surface area contributed by atoms with Gasteiger partial charge in [0, 0.05) is 10.5 Å². The number of fused-ring (bicyclic) bond motifs is 1. The van der Waals surface area contributed by atoms with E-state index in [9.17, 15) is 18.8 Å². The fraction of sp³-hybridized carbons (Fsp3) is 0.0714. The number of rotatable bonds is 1. The lowest BCUT2D eigenvalue weighted by atomic mass is 10.1. The SMILES string of the molecule is Cc1cc(Br)cc(-n2c(N)c3c(cc2=O)C(=O)NC3=O)c1F. The number of hydrogen-bond acceptors (Lipinski definition) is 4. The number of halogens is 2. The summed E-state index contributed by atoms with van der Waals surface area (Å²) in [6.07, 6.45) is 0. The van der Waals surface area contributed by atoms with Gasteiger partial charge in [-0.25, -0.2) is 4.39 Å². The molecule has 0 saturated heterocycles. The van der Waals surface area contributed by atoms with Crippen LogP contribution in [0, 0.1) is 12.7 Å². The Morgan fingerprint density at radius 1 is 1.18 bits per heavy atom. The van der Waals surface area contributed by atoms with Crippen molar-refractivity contribution >= 4 is 33.6 Å². The van der Waals surface area contributed by atoms with E-state index in [1.807, 2.05) is 0 Å². The number of carbonyl (C=O) groups excluding carboxylic acids is 2. The summed E-state index contributed by atoms with van der Waals surface area (Å²) in [6, 6.07) is 3.90. The van der Waals surface area contributed by atoms with Gasteiger partial charge in [-0.1, -0.05) is 15.9 Å². The largest absolute Gasteiger partial charge is 0.384 e. The molecule has 0 aliphatic carbocycles. The van der Waals surface area contributed by atoms with Crippen molar-refractivity contribution in [1.82, 2.24) is 9.88 Å². The number of nitrogens with one attached hydrogen (secondary N) is 1. The molecule has 0 bridgehead atoms. The predicted octanol–water partition coefficient (Wildman–Crippen LogP) is 1.51. The Bertz CT molecular complexity index is 921. The number of imide groups is 1. The van der Waals surface area contributed by atoms with Gasteiger partial charge in [-0.3, -0.25) is 24.3 Å². The molecule has 0 unspecified atom stereocenters. The van der Waals surface area contributed by atoms with Gasteiger partial charge in [0.25, 0.3) is 17.4 Å². The Balaban J connectivity index is 2.40. The number of amides is 2. The van der Waals surface area contributed by atoms with Crippen LogP contribution in [0.2, 0.25) is 0 Å². The average molecular weight is 366 g/mol. The zero-order valence-electron chi connectivity index (χ0n) is 11.2. The minimum atomic E-state index is -0.710. The Morgan fingerprint density at radius 3 is 2.55 bits per heavy atom. The Kier molecular flexibility index (Phi) is 3.13. The fourth-order valence-electron chi connectivity index (χ4n) is 2.40. The van der Waals surface area contributed by atoms with Crippen LogP contribution in [0.3, 0.4) is 0 Å². The molecule has 0 spiro atoms. The van der Waals surface area contributed by atoms with Crippen molar-refractivity contribution < 1.29 is 14.0 Å². The minimum absolute atomic E-state index is 0.0932. The third-order valence-electron chi connectivity index (χ3n) is 3.39. The van der Waals surface area contributed by atoms with Crippen LogP contribution in [0.5, 0.6) is 0 Å². The highest BCUT2D eigenvalue weighted by molar-refractivity contribution is 9.10. The molecule has 3 rings (SSSR count). The topological polar surface area (TPSA) is 94.2 Å². The van der Waals surface area contributed by atoms with E-state index < -0.39 is 23.2 Å². The van der Waals surface area contributed by atoms with Crippen LogP contribution in [-0.4, -0.2) is 16.4 Å². The van der Waals surface area contributed by atoms with E-state index in [1.54, 1.807) is 6.07 Å². The summed E-state index contributed by atoms with van der Waals surface area (Å²) < 4.78 is 15.8. The summed E-state index contributed by atoms with van der Waals surface area (Å²) in [4.78, 5) is 35.6. The van der Waals surface area contributed by atoms with Crippen molar-refractivity contribution in [2.45, 2.75) is 6.92 Å². The standard InChI is InChI=1S/C14H9BrFN3O3/c1-5-2-6(15)3-8(11(5)16)19-9(20)4-7-10(12(19)17)14(22)18-13(7)21/h2-4H,17H2,1H3,(H,18,21,22). The fourth-order valence-corrected chi connectivity index (χ4v) is 2.96. The minimum Gasteiger partial charge on any atom is -0.384 e. The number of nitrogen functional groups attached to an aromatic ring is 1. The van der Waals surface area contributed by atoms with E-state index in [4.69, 9.17) is 5.73 Å². The third kappa shape index (κ3) is 1.95. The number of hydrogen-bond donors (Lipinski definition) is 2.